The van der Waals surface area contributed by atoms with Crippen molar-refractivity contribution in [1.82, 2.24) is 0 Å². The second-order valence-corrected chi connectivity index (χ2v) is 3.92. The molecule has 0 radical (unpaired) electrons. The van der Waals surface area contributed by atoms with E-state index in [1.165, 1.54) is 6.07 Å². The zero-order chi connectivity index (χ0) is 13.0. The fourth-order valence-electron chi connectivity index (χ4n) is 1.10. The lowest BCUT2D eigenvalue weighted by Crippen LogP contribution is -2.03. The van der Waals surface area contributed by atoms with Crippen molar-refractivity contribution in [3.63, 3.8) is 0 Å². The number of methoxy groups -OCH3 is 1. The SMILES string of the molecule is COC(=O)c1cc([N+](=O)[O-])cc(I)c1N=[N+]=[N-]. The van der Waals surface area contributed by atoms with Crippen LogP contribution >= 0.6 is 22.6 Å². The van der Waals surface area contributed by atoms with Crippen LogP contribution in [-0.2, 0) is 4.74 Å². The lowest BCUT2D eigenvalue weighted by atomic mass is 10.1. The number of halogens is 1. The normalized spacial score (nSPS) is 9.29. The zero-order valence-corrected chi connectivity index (χ0v) is 10.6. The van der Waals surface area contributed by atoms with Crippen molar-refractivity contribution in [2.75, 3.05) is 7.11 Å². The molecule has 0 heterocycles. The van der Waals surface area contributed by atoms with E-state index in [0.717, 1.165) is 13.2 Å². The van der Waals surface area contributed by atoms with Gasteiger partial charge in [-0.1, -0.05) is 5.11 Å². The van der Waals surface area contributed by atoms with Gasteiger partial charge in [-0.05, 0) is 28.1 Å². The molecule has 0 amide bonds. The van der Waals surface area contributed by atoms with Gasteiger partial charge in [0.25, 0.3) is 5.69 Å². The summed E-state index contributed by atoms with van der Waals surface area (Å²) in [5.74, 6) is -0.797. The molecule has 88 valence electrons. The van der Waals surface area contributed by atoms with Crippen LogP contribution < -0.4 is 0 Å². The largest absolute Gasteiger partial charge is 0.465 e. The molecule has 0 atom stereocenters. The highest BCUT2D eigenvalue weighted by molar-refractivity contribution is 14.1. The summed E-state index contributed by atoms with van der Waals surface area (Å²) in [4.78, 5) is 24.0. The smallest absolute Gasteiger partial charge is 0.338 e. The van der Waals surface area contributed by atoms with Crippen LogP contribution in [0, 0.1) is 13.7 Å². The maximum Gasteiger partial charge on any atom is 0.338 e. The summed E-state index contributed by atoms with van der Waals surface area (Å²) in [7, 11) is 1.13. The van der Waals surface area contributed by atoms with E-state index in [1.54, 1.807) is 22.6 Å². The molecular weight excluding hydrogens is 343 g/mol. The summed E-state index contributed by atoms with van der Waals surface area (Å²) >= 11 is 1.74. The second-order valence-electron chi connectivity index (χ2n) is 2.76. The van der Waals surface area contributed by atoms with Gasteiger partial charge >= 0.3 is 5.97 Å². The molecule has 8 nitrogen and oxygen atoms in total. The molecule has 0 aliphatic carbocycles. The van der Waals surface area contributed by atoms with Crippen molar-refractivity contribution < 1.29 is 14.5 Å². The highest BCUT2D eigenvalue weighted by Gasteiger charge is 2.19. The first-order valence-corrected chi connectivity index (χ1v) is 5.20. The van der Waals surface area contributed by atoms with Gasteiger partial charge in [0.2, 0.25) is 0 Å². The van der Waals surface area contributed by atoms with E-state index in [1.807, 2.05) is 0 Å². The number of carbonyl (C=O) groups excluding carboxylic acids is 1. The number of hydrogen-bond acceptors (Lipinski definition) is 5. The second kappa shape index (κ2) is 5.46. The predicted molar refractivity (Wildman–Crippen MR) is 66.0 cm³/mol. The van der Waals surface area contributed by atoms with E-state index in [2.05, 4.69) is 14.8 Å². The molecule has 0 bridgehead atoms. The van der Waals surface area contributed by atoms with Crippen LogP contribution in [0.5, 0.6) is 0 Å². The minimum absolute atomic E-state index is 0.0190. The Hall–Kier alpha value is -1.87. The van der Waals surface area contributed by atoms with Crippen LogP contribution in [0.1, 0.15) is 10.4 Å². The molecule has 0 spiro atoms. The van der Waals surface area contributed by atoms with Crippen molar-refractivity contribution in [2.24, 2.45) is 5.11 Å². The Labute approximate surface area is 108 Å². The number of non-ortho nitro benzene ring substituents is 1. The number of benzene rings is 1. The molecule has 1 aromatic rings. The number of esters is 1. The van der Waals surface area contributed by atoms with E-state index in [4.69, 9.17) is 5.53 Å². The third-order valence-electron chi connectivity index (χ3n) is 1.81. The molecule has 17 heavy (non-hydrogen) atoms. The number of rotatable bonds is 3. The highest BCUT2D eigenvalue weighted by atomic mass is 127. The number of ether oxygens (including phenoxy) is 1. The van der Waals surface area contributed by atoms with Gasteiger partial charge in [-0.2, -0.15) is 0 Å². The van der Waals surface area contributed by atoms with Gasteiger partial charge in [0, 0.05) is 20.6 Å². The maximum absolute atomic E-state index is 11.4. The van der Waals surface area contributed by atoms with Crippen LogP contribution in [-0.4, -0.2) is 18.0 Å². The molecule has 0 saturated heterocycles. The molecule has 0 aliphatic heterocycles. The number of azide groups is 1. The van der Waals surface area contributed by atoms with E-state index < -0.39 is 10.9 Å². The van der Waals surface area contributed by atoms with Crippen molar-refractivity contribution in [3.05, 3.63) is 41.8 Å². The van der Waals surface area contributed by atoms with Gasteiger partial charge in [0.1, 0.15) is 0 Å². The fourth-order valence-corrected chi connectivity index (χ4v) is 1.82. The lowest BCUT2D eigenvalue weighted by molar-refractivity contribution is -0.385. The van der Waals surface area contributed by atoms with Crippen molar-refractivity contribution in [3.8, 4) is 0 Å². The summed E-state index contributed by atoms with van der Waals surface area (Å²) in [6.45, 7) is 0. The first kappa shape index (κ1) is 13.2. The average molecular weight is 348 g/mol. The first-order chi connectivity index (χ1) is 8.01. The molecule has 9 heteroatoms. The van der Waals surface area contributed by atoms with Crippen LogP contribution in [0.4, 0.5) is 11.4 Å². The van der Waals surface area contributed by atoms with Gasteiger partial charge in [-0.25, -0.2) is 4.79 Å². The average Bonchev–Trinajstić information content (AvgIpc) is 2.30. The first-order valence-electron chi connectivity index (χ1n) is 4.12. The van der Waals surface area contributed by atoms with Crippen molar-refractivity contribution >= 4 is 39.9 Å². The fraction of sp³-hybridized carbons (Fsp3) is 0.125. The summed E-state index contributed by atoms with van der Waals surface area (Å²) < 4.78 is 4.77. The van der Waals surface area contributed by atoms with Crippen molar-refractivity contribution in [1.29, 1.82) is 0 Å². The number of hydrogen-bond donors (Lipinski definition) is 0. The molecule has 0 unspecified atom stereocenters. The van der Waals surface area contributed by atoms with Crippen LogP contribution in [0.2, 0.25) is 0 Å². The Bertz CT molecular complexity index is 539. The summed E-state index contributed by atoms with van der Waals surface area (Å²) in [5, 5.41) is 14.0. The topological polar surface area (TPSA) is 118 Å². The number of nitro groups is 1. The Morgan fingerprint density at radius 1 is 1.65 bits per heavy atom. The van der Waals surface area contributed by atoms with Crippen LogP contribution in [0.3, 0.4) is 0 Å². The minimum Gasteiger partial charge on any atom is -0.465 e. The Balaban J connectivity index is 3.55. The van der Waals surface area contributed by atoms with Gasteiger partial charge < -0.3 is 4.74 Å². The lowest BCUT2D eigenvalue weighted by Gasteiger charge is -2.05. The Kier molecular flexibility index (Phi) is 4.24. The third-order valence-corrected chi connectivity index (χ3v) is 2.63. The van der Waals surface area contributed by atoms with Gasteiger partial charge in [0.15, 0.2) is 0 Å². The third kappa shape index (κ3) is 2.82. The monoisotopic (exact) mass is 348 g/mol. The summed E-state index contributed by atoms with van der Waals surface area (Å²) in [5.41, 5.74) is 7.98. The molecular formula is C8H5IN4O4. The summed E-state index contributed by atoms with van der Waals surface area (Å²) in [6.07, 6.45) is 0. The molecule has 0 aromatic heterocycles. The summed E-state index contributed by atoms with van der Waals surface area (Å²) in [6, 6.07) is 2.22. The quantitative estimate of drug-likeness (QED) is 0.159. The highest BCUT2D eigenvalue weighted by Crippen LogP contribution is 2.31. The van der Waals surface area contributed by atoms with Gasteiger partial charge in [0.05, 0.1) is 23.3 Å². The van der Waals surface area contributed by atoms with Crippen LogP contribution in [0.15, 0.2) is 17.2 Å². The predicted octanol–water partition coefficient (Wildman–Crippen LogP) is 2.93. The van der Waals surface area contributed by atoms with E-state index in [-0.39, 0.29) is 16.9 Å². The number of nitrogens with zero attached hydrogens (tertiary/aromatic N) is 4. The molecule has 0 saturated carbocycles. The van der Waals surface area contributed by atoms with E-state index >= 15 is 0 Å². The molecule has 0 aliphatic rings. The van der Waals surface area contributed by atoms with Crippen LogP contribution in [0.25, 0.3) is 10.4 Å². The maximum atomic E-state index is 11.4. The Morgan fingerprint density at radius 2 is 2.29 bits per heavy atom. The standard InChI is InChI=1S/C8H5IN4O4/c1-17-8(14)5-2-4(13(15)16)3-6(9)7(5)11-12-10/h2-3H,1H3. The van der Waals surface area contributed by atoms with E-state index in [9.17, 15) is 14.9 Å². The molecule has 1 rings (SSSR count). The minimum atomic E-state index is -0.797. The zero-order valence-electron chi connectivity index (χ0n) is 8.45. The van der Waals surface area contributed by atoms with Gasteiger partial charge in [-0.15, -0.1) is 0 Å². The molecule has 0 fully saturated rings. The molecule has 1 aromatic carbocycles. The molecule has 0 N–H and O–H groups in total. The van der Waals surface area contributed by atoms with Crippen molar-refractivity contribution in [2.45, 2.75) is 0 Å². The van der Waals surface area contributed by atoms with E-state index in [0.29, 0.717) is 3.57 Å². The number of carbonyl (C=O) groups is 1. The van der Waals surface area contributed by atoms with Gasteiger partial charge in [-0.3, -0.25) is 10.1 Å². The number of nitro benzene ring substituents is 1. The Morgan fingerprint density at radius 3 is 2.76 bits per heavy atom.